The van der Waals surface area contributed by atoms with Crippen LogP contribution >= 0.6 is 15.9 Å². The standard InChI is InChI=1S/C10H15Br/c1-10(2,3)8-4-6-9(11)7-5-8/h4,6-8H,5H2,1-3H3. The molecule has 1 aliphatic carbocycles. The van der Waals surface area contributed by atoms with Crippen LogP contribution in [0, 0.1) is 11.3 Å². The van der Waals surface area contributed by atoms with Crippen LogP contribution in [0.2, 0.25) is 0 Å². The Hall–Kier alpha value is -0.0400. The fraction of sp³-hybridized carbons (Fsp3) is 0.600. The average Bonchev–Trinajstić information content (AvgIpc) is 1.86. The minimum absolute atomic E-state index is 0.403. The molecule has 0 aliphatic heterocycles. The minimum Gasteiger partial charge on any atom is -0.0795 e. The van der Waals surface area contributed by atoms with Crippen molar-refractivity contribution in [3.63, 3.8) is 0 Å². The van der Waals surface area contributed by atoms with E-state index in [9.17, 15) is 0 Å². The zero-order chi connectivity index (χ0) is 8.48. The van der Waals surface area contributed by atoms with E-state index in [0.29, 0.717) is 11.3 Å². The van der Waals surface area contributed by atoms with Crippen molar-refractivity contribution in [1.29, 1.82) is 0 Å². The molecule has 1 rings (SSSR count). The Bertz CT molecular complexity index is 193. The first-order valence-corrected chi connectivity index (χ1v) is 4.83. The predicted molar refractivity (Wildman–Crippen MR) is 53.7 cm³/mol. The maximum absolute atomic E-state index is 3.46. The Balaban J connectivity index is 2.63. The normalized spacial score (nSPS) is 25.1. The maximum atomic E-state index is 3.46. The van der Waals surface area contributed by atoms with E-state index >= 15 is 0 Å². The fourth-order valence-corrected chi connectivity index (χ4v) is 1.58. The van der Waals surface area contributed by atoms with E-state index in [1.807, 2.05) is 0 Å². The van der Waals surface area contributed by atoms with Gasteiger partial charge in [-0.15, -0.1) is 0 Å². The van der Waals surface area contributed by atoms with Gasteiger partial charge in [-0.2, -0.15) is 0 Å². The van der Waals surface area contributed by atoms with E-state index in [4.69, 9.17) is 0 Å². The molecule has 11 heavy (non-hydrogen) atoms. The molecule has 1 unspecified atom stereocenters. The summed E-state index contributed by atoms with van der Waals surface area (Å²) in [5.74, 6) is 0.698. The molecule has 0 N–H and O–H groups in total. The van der Waals surface area contributed by atoms with Gasteiger partial charge in [-0.05, 0) is 17.8 Å². The molecular weight excluding hydrogens is 200 g/mol. The Morgan fingerprint density at radius 2 is 2.09 bits per heavy atom. The van der Waals surface area contributed by atoms with Gasteiger partial charge in [0.05, 0.1) is 0 Å². The summed E-state index contributed by atoms with van der Waals surface area (Å²) in [5, 5.41) is 0. The van der Waals surface area contributed by atoms with Crippen molar-refractivity contribution >= 4 is 15.9 Å². The van der Waals surface area contributed by atoms with Crippen molar-refractivity contribution in [2.45, 2.75) is 27.2 Å². The highest BCUT2D eigenvalue weighted by molar-refractivity contribution is 9.11. The molecule has 1 atom stereocenters. The lowest BCUT2D eigenvalue weighted by molar-refractivity contribution is 0.293. The van der Waals surface area contributed by atoms with Gasteiger partial charge in [0.15, 0.2) is 0 Å². The first-order valence-electron chi connectivity index (χ1n) is 4.04. The summed E-state index contributed by atoms with van der Waals surface area (Å²) in [6.45, 7) is 6.86. The summed E-state index contributed by atoms with van der Waals surface area (Å²) in [7, 11) is 0. The molecule has 0 saturated carbocycles. The van der Waals surface area contributed by atoms with E-state index in [2.05, 4.69) is 54.9 Å². The molecule has 0 bridgehead atoms. The van der Waals surface area contributed by atoms with E-state index < -0.39 is 0 Å². The highest BCUT2D eigenvalue weighted by Crippen LogP contribution is 2.33. The van der Waals surface area contributed by atoms with Crippen LogP contribution in [0.1, 0.15) is 27.2 Å². The van der Waals surface area contributed by atoms with Crippen LogP contribution in [0.3, 0.4) is 0 Å². The third-order valence-electron chi connectivity index (χ3n) is 2.17. The summed E-state index contributed by atoms with van der Waals surface area (Å²) in [4.78, 5) is 0. The lowest BCUT2D eigenvalue weighted by Crippen LogP contribution is -2.18. The number of hydrogen-bond acceptors (Lipinski definition) is 0. The number of hydrogen-bond donors (Lipinski definition) is 0. The third kappa shape index (κ3) is 2.48. The van der Waals surface area contributed by atoms with Crippen LogP contribution < -0.4 is 0 Å². The highest BCUT2D eigenvalue weighted by atomic mass is 79.9. The van der Waals surface area contributed by atoms with Crippen LogP contribution in [0.5, 0.6) is 0 Å². The average molecular weight is 215 g/mol. The van der Waals surface area contributed by atoms with E-state index in [0.717, 1.165) is 0 Å². The highest BCUT2D eigenvalue weighted by Gasteiger charge is 2.22. The Morgan fingerprint density at radius 3 is 2.45 bits per heavy atom. The SMILES string of the molecule is CC(C)(C)C1C=CC(Br)=CC1. The largest absolute Gasteiger partial charge is 0.0795 e. The predicted octanol–water partition coefficient (Wildman–Crippen LogP) is 3.89. The lowest BCUT2D eigenvalue weighted by atomic mass is 9.77. The second-order valence-corrected chi connectivity index (χ2v) is 5.07. The molecular formula is C10H15Br. The molecule has 1 aliphatic rings. The van der Waals surface area contributed by atoms with Crippen LogP contribution in [0.4, 0.5) is 0 Å². The summed E-state index contributed by atoms with van der Waals surface area (Å²) in [6.07, 6.45) is 7.86. The molecule has 0 saturated heterocycles. The van der Waals surface area contributed by atoms with Crippen LogP contribution in [0.25, 0.3) is 0 Å². The van der Waals surface area contributed by atoms with Crippen molar-refractivity contribution in [1.82, 2.24) is 0 Å². The Labute approximate surface area is 77.5 Å². The zero-order valence-electron chi connectivity index (χ0n) is 7.39. The Kier molecular flexibility index (Phi) is 2.58. The maximum Gasteiger partial charge on any atom is 0.0132 e. The monoisotopic (exact) mass is 214 g/mol. The van der Waals surface area contributed by atoms with Crippen molar-refractivity contribution < 1.29 is 0 Å². The summed E-state index contributed by atoms with van der Waals surface area (Å²) < 4.78 is 1.22. The van der Waals surface area contributed by atoms with Gasteiger partial charge in [0, 0.05) is 4.48 Å². The van der Waals surface area contributed by atoms with Gasteiger partial charge in [0.2, 0.25) is 0 Å². The van der Waals surface area contributed by atoms with Crippen LogP contribution in [-0.2, 0) is 0 Å². The molecule has 0 fully saturated rings. The van der Waals surface area contributed by atoms with Crippen molar-refractivity contribution in [2.24, 2.45) is 11.3 Å². The van der Waals surface area contributed by atoms with Crippen LogP contribution in [-0.4, -0.2) is 0 Å². The molecule has 0 spiro atoms. The Morgan fingerprint density at radius 1 is 1.45 bits per heavy atom. The summed E-state index contributed by atoms with van der Waals surface area (Å²) in [5.41, 5.74) is 0.403. The quantitative estimate of drug-likeness (QED) is 0.575. The molecule has 0 heterocycles. The first-order chi connectivity index (χ1) is 5.00. The smallest absolute Gasteiger partial charge is 0.0132 e. The van der Waals surface area contributed by atoms with Gasteiger partial charge in [0.25, 0.3) is 0 Å². The van der Waals surface area contributed by atoms with E-state index in [-0.39, 0.29) is 0 Å². The number of rotatable bonds is 0. The topological polar surface area (TPSA) is 0 Å². The van der Waals surface area contributed by atoms with Gasteiger partial charge in [-0.1, -0.05) is 54.9 Å². The van der Waals surface area contributed by atoms with E-state index in [1.165, 1.54) is 10.9 Å². The minimum atomic E-state index is 0.403. The summed E-state index contributed by atoms with van der Waals surface area (Å²) in [6, 6.07) is 0. The molecule has 0 aromatic rings. The molecule has 0 nitrogen and oxygen atoms in total. The third-order valence-corrected chi connectivity index (χ3v) is 2.75. The molecule has 0 aromatic heterocycles. The number of allylic oxidation sites excluding steroid dienone is 4. The molecule has 0 amide bonds. The lowest BCUT2D eigenvalue weighted by Gasteiger charge is -2.28. The molecule has 0 radical (unpaired) electrons. The summed E-state index contributed by atoms with van der Waals surface area (Å²) >= 11 is 3.46. The number of halogens is 1. The van der Waals surface area contributed by atoms with Gasteiger partial charge in [-0.25, -0.2) is 0 Å². The fourth-order valence-electron chi connectivity index (χ4n) is 1.24. The van der Waals surface area contributed by atoms with Gasteiger partial charge >= 0.3 is 0 Å². The van der Waals surface area contributed by atoms with Crippen molar-refractivity contribution in [3.05, 3.63) is 22.7 Å². The van der Waals surface area contributed by atoms with Gasteiger partial charge < -0.3 is 0 Å². The molecule has 1 heteroatoms. The van der Waals surface area contributed by atoms with Crippen molar-refractivity contribution in [2.75, 3.05) is 0 Å². The van der Waals surface area contributed by atoms with Crippen molar-refractivity contribution in [3.8, 4) is 0 Å². The molecule has 0 aromatic carbocycles. The van der Waals surface area contributed by atoms with Gasteiger partial charge in [-0.3, -0.25) is 0 Å². The van der Waals surface area contributed by atoms with E-state index in [1.54, 1.807) is 0 Å². The second kappa shape index (κ2) is 3.14. The van der Waals surface area contributed by atoms with Gasteiger partial charge in [0.1, 0.15) is 0 Å². The second-order valence-electron chi connectivity index (χ2n) is 4.16. The zero-order valence-corrected chi connectivity index (χ0v) is 8.98. The van der Waals surface area contributed by atoms with Crippen LogP contribution in [0.15, 0.2) is 22.7 Å². The first kappa shape index (κ1) is 9.05. The molecule has 62 valence electrons.